The van der Waals surface area contributed by atoms with Crippen LogP contribution in [0.3, 0.4) is 0 Å². The summed E-state index contributed by atoms with van der Waals surface area (Å²) in [4.78, 5) is 6.99. The number of fused-ring (bicyclic) bond motifs is 3. The van der Waals surface area contributed by atoms with Gasteiger partial charge in [-0.3, -0.25) is 4.48 Å². The second kappa shape index (κ2) is 44.5. The second-order valence-corrected chi connectivity index (χ2v) is 37.6. The average Bonchev–Trinajstić information content (AvgIpc) is 1.59. The standard InChI is InChI=1S/C29H31N2.C27H33N2.C26H31N2O.C26H31N2.CHF3O3S.3BrH/c1-23-10-16-26(17-11-23)30(27-18-12-24(2)13-19-27)28-20-14-25(15-21-28)22-31(3,4)29-8-6-5-7-9-29;1-8-29(6,7)17-25-20(4)15-22(16-21(25)5)28-26-11-9-18(2)13-23(26)24-14-19(3)10-12-27(24)28;1-21-4-10-24(11-5-21)27(25-12-6-22(2)7-13-25)26-14-8-23(9-15-26)20-28(3)16-18-29-19-17-28;1-21-6-12-24(13-7-21)27(25-14-8-22(2)9-15-25)26-16-10-23(11-17-26)20-28(3)18-4-5-19-28;2-1(3,4)8(5,6)7;;;/h5-21H,22H2,1-4H3;9-16H,8,17H2,1-7H3;4-15H,16-20H2,1-3H3;6-17H,4-5,18-20H2,1-3H3;(H,5,6,7);3*1H/q4*+1;;;;/p-4. The van der Waals surface area contributed by atoms with Gasteiger partial charge in [0.05, 0.1) is 86.2 Å². The van der Waals surface area contributed by atoms with Gasteiger partial charge in [-0.2, -0.15) is 13.2 Å². The van der Waals surface area contributed by atoms with Crippen molar-refractivity contribution >= 4 is 88.8 Å². The summed E-state index contributed by atoms with van der Waals surface area (Å²) in [5.74, 6) is 0. The first-order valence-electron chi connectivity index (χ1n) is 43.6. The number of alkyl halides is 3. The summed E-state index contributed by atoms with van der Waals surface area (Å²) in [5, 5.41) is 2.68. The molecule has 0 N–H and O–H groups in total. The first-order chi connectivity index (χ1) is 59.4. The Kier molecular flexibility index (Phi) is 35.4. The number of para-hydroxylation sites is 1. The van der Waals surface area contributed by atoms with Gasteiger partial charge in [0.15, 0.2) is 10.1 Å². The highest BCUT2D eigenvalue weighted by Crippen LogP contribution is 2.41. The molecule has 2 saturated heterocycles. The second-order valence-electron chi connectivity index (χ2n) is 36.2. The Morgan fingerprint density at radius 2 is 0.656 bits per heavy atom. The lowest BCUT2D eigenvalue weighted by Gasteiger charge is -2.37. The van der Waals surface area contributed by atoms with Gasteiger partial charge in [-0.1, -0.05) is 184 Å². The number of ether oxygens (including phenoxy) is 1. The normalized spacial score (nSPS) is 13.4. The van der Waals surface area contributed by atoms with Gasteiger partial charge >= 0.3 is 5.51 Å². The summed E-state index contributed by atoms with van der Waals surface area (Å²) in [5.41, 5.74) is 28.8. The number of anilines is 9. The number of likely N-dealkylation sites (tertiary alicyclic amines) is 1. The third-order valence-corrected chi connectivity index (χ3v) is 25.0. The fourth-order valence-electron chi connectivity index (χ4n) is 16.6. The molecule has 128 heavy (non-hydrogen) atoms. The number of aromatic nitrogens is 1. The maximum absolute atomic E-state index is 10.7. The molecule has 0 unspecified atom stereocenters. The lowest BCUT2D eigenvalue weighted by Crippen LogP contribution is -3.00. The number of rotatable bonds is 20. The molecular weight excluding hydrogens is 1810 g/mol. The van der Waals surface area contributed by atoms with Crippen molar-refractivity contribution in [1.29, 1.82) is 0 Å². The molecule has 12 nitrogen and oxygen atoms in total. The molecule has 16 rings (SSSR count). The monoisotopic (exact) mass is 1940 g/mol. The van der Waals surface area contributed by atoms with Crippen LogP contribution >= 0.6 is 0 Å². The Hall–Kier alpha value is -10.0. The van der Waals surface area contributed by atoms with E-state index in [2.05, 4.69) is 435 Å². The van der Waals surface area contributed by atoms with E-state index in [0.717, 1.165) is 72.5 Å². The largest absolute Gasteiger partial charge is 1.00 e. The number of aryl methyl sites for hydroxylation is 10. The van der Waals surface area contributed by atoms with Crippen LogP contribution in [0.2, 0.25) is 0 Å². The summed E-state index contributed by atoms with van der Waals surface area (Å²) < 4.78 is 70.9. The van der Waals surface area contributed by atoms with Crippen molar-refractivity contribution in [3.63, 3.8) is 0 Å². The zero-order chi connectivity index (χ0) is 89.6. The Labute approximate surface area is 791 Å². The van der Waals surface area contributed by atoms with Crippen molar-refractivity contribution in [2.75, 3.05) is 103 Å². The van der Waals surface area contributed by atoms with E-state index >= 15 is 0 Å². The SMILES string of the molecule is CC[N+](C)(C)Cc1c(C)cc(-n2c3ccc(C)cc3c3cc(C)ccc32)cc1C.Cc1ccc(N(c2ccc(C)cc2)c2ccc(C[N+](C)(C)c3ccccc3)cc2)cc1.Cc1ccc(N(c2ccc(C)cc2)c2ccc(C[N+]3(C)CCCC3)cc2)cc1.Cc1ccc(N(c2ccc(C)cc2)c2ccc(C[N+]3(C)CCOCC3)cc2)cc1.O=S(=O)([O-])C(F)(F)F.[Br-].[Br-].[Br-]. The molecule has 0 aliphatic carbocycles. The number of hydrogen-bond donors (Lipinski definition) is 0. The number of halogens is 6. The molecule has 0 amide bonds. The van der Waals surface area contributed by atoms with Crippen LogP contribution in [0.1, 0.15) is 97.7 Å². The average molecular weight is 1940 g/mol. The van der Waals surface area contributed by atoms with Gasteiger partial charge in [0, 0.05) is 103 Å². The Morgan fingerprint density at radius 1 is 0.383 bits per heavy atom. The molecule has 0 spiro atoms. The number of hydrogen-bond acceptors (Lipinski definition) is 7. The van der Waals surface area contributed by atoms with Gasteiger partial charge in [0.2, 0.25) is 0 Å². The van der Waals surface area contributed by atoms with Gasteiger partial charge in [-0.05, 0) is 245 Å². The molecule has 3 heterocycles. The highest BCUT2D eigenvalue weighted by molar-refractivity contribution is 7.86. The molecule has 2 aliphatic rings. The van der Waals surface area contributed by atoms with Gasteiger partial charge in [-0.15, -0.1) is 0 Å². The van der Waals surface area contributed by atoms with Crippen LogP contribution in [0.5, 0.6) is 0 Å². The predicted octanol–water partition coefficient (Wildman–Crippen LogP) is 17.5. The smallest absolute Gasteiger partial charge is 0.485 e. The summed E-state index contributed by atoms with van der Waals surface area (Å²) in [6.45, 7) is 35.8. The maximum atomic E-state index is 10.7. The van der Waals surface area contributed by atoms with Crippen LogP contribution in [-0.2, 0) is 41.0 Å². The quantitative estimate of drug-likeness (QED) is 0.0427. The summed E-state index contributed by atoms with van der Waals surface area (Å²) in [7, 11) is 7.78. The summed E-state index contributed by atoms with van der Waals surface area (Å²) in [6.07, 6.45) is 2.73. The fraction of sp³-hybridized carbons (Fsp3) is 0.284. The Morgan fingerprint density at radius 3 is 0.945 bits per heavy atom. The van der Waals surface area contributed by atoms with Crippen LogP contribution < -0.4 is 70.1 Å². The molecule has 14 aromatic rings. The summed E-state index contributed by atoms with van der Waals surface area (Å²) in [6, 6.07) is 109. The number of likely N-dealkylation sites (N-methyl/N-ethyl adjacent to an activating group) is 1. The van der Waals surface area contributed by atoms with E-state index in [1.54, 1.807) is 0 Å². The number of quaternary nitrogens is 4. The van der Waals surface area contributed by atoms with Gasteiger partial charge in [0.1, 0.15) is 45.0 Å². The molecule has 1 aromatic heterocycles. The fourth-order valence-corrected chi connectivity index (χ4v) is 16.6. The van der Waals surface area contributed by atoms with E-state index in [1.807, 2.05) is 0 Å². The van der Waals surface area contributed by atoms with Crippen molar-refractivity contribution < 1.29 is 95.3 Å². The van der Waals surface area contributed by atoms with Crippen molar-refractivity contribution in [3.8, 4) is 5.69 Å². The molecule has 2 fully saturated rings. The highest BCUT2D eigenvalue weighted by Gasteiger charge is 2.37. The van der Waals surface area contributed by atoms with Crippen molar-refractivity contribution in [1.82, 2.24) is 9.05 Å². The van der Waals surface area contributed by atoms with E-state index in [1.165, 1.54) is 193 Å². The van der Waals surface area contributed by atoms with E-state index in [4.69, 9.17) is 17.7 Å². The van der Waals surface area contributed by atoms with E-state index in [0.29, 0.717) is 0 Å². The van der Waals surface area contributed by atoms with Crippen molar-refractivity contribution in [3.05, 3.63) is 375 Å². The predicted molar refractivity (Wildman–Crippen MR) is 517 cm³/mol. The minimum atomic E-state index is -6.09. The minimum Gasteiger partial charge on any atom is -1.00 e. The molecule has 0 saturated carbocycles. The molecule has 0 radical (unpaired) electrons. The molecule has 0 atom stereocenters. The molecule has 0 bridgehead atoms. The summed E-state index contributed by atoms with van der Waals surface area (Å²) >= 11 is 0. The third kappa shape index (κ3) is 26.9. The zero-order valence-corrected chi connectivity index (χ0v) is 82.9. The first-order valence-corrected chi connectivity index (χ1v) is 45.0. The first kappa shape index (κ1) is 102. The Bertz CT molecular complexity index is 5790. The lowest BCUT2D eigenvalue weighted by molar-refractivity contribution is -0.929. The van der Waals surface area contributed by atoms with Gasteiger partial charge in [0.25, 0.3) is 0 Å². The van der Waals surface area contributed by atoms with E-state index in [-0.39, 0.29) is 50.9 Å². The van der Waals surface area contributed by atoms with Crippen LogP contribution in [0.15, 0.2) is 297 Å². The third-order valence-electron chi connectivity index (χ3n) is 24.4. The van der Waals surface area contributed by atoms with E-state index in [9.17, 15) is 13.2 Å². The van der Waals surface area contributed by atoms with Gasteiger partial charge < -0.3 is 92.9 Å². The molecule has 19 heteroatoms. The maximum Gasteiger partial charge on any atom is 0.485 e. The van der Waals surface area contributed by atoms with Crippen LogP contribution in [0.4, 0.5) is 70.0 Å². The van der Waals surface area contributed by atoms with Crippen LogP contribution in [0.25, 0.3) is 27.5 Å². The van der Waals surface area contributed by atoms with Crippen molar-refractivity contribution in [2.45, 2.75) is 121 Å². The number of nitrogens with zero attached hydrogens (tertiary/aromatic N) is 8. The number of benzene rings is 13. The topological polar surface area (TPSA) is 81.1 Å². The molecule has 2 aliphatic heterocycles. The highest BCUT2D eigenvalue weighted by atomic mass is 79.9. The molecular formula is C109H126Br3F3N8O4S. The zero-order valence-electron chi connectivity index (χ0n) is 77.4. The Balaban J connectivity index is 0.000000186. The van der Waals surface area contributed by atoms with Gasteiger partial charge in [-0.25, -0.2) is 8.42 Å². The molecule has 674 valence electrons. The molecule has 13 aromatic carbocycles. The minimum absolute atomic E-state index is 0. The van der Waals surface area contributed by atoms with Crippen LogP contribution in [-0.4, -0.2) is 125 Å². The van der Waals surface area contributed by atoms with Crippen LogP contribution in [0, 0.1) is 69.2 Å². The van der Waals surface area contributed by atoms with E-state index < -0.39 is 15.6 Å². The lowest BCUT2D eigenvalue weighted by atomic mass is 10.0. The number of morpholine rings is 1. The van der Waals surface area contributed by atoms with Crippen molar-refractivity contribution in [2.24, 2.45) is 0 Å².